The molecule has 0 saturated heterocycles. The second kappa shape index (κ2) is 3.37. The van der Waals surface area contributed by atoms with Crippen molar-refractivity contribution in [3.63, 3.8) is 0 Å². The van der Waals surface area contributed by atoms with Crippen LogP contribution in [-0.4, -0.2) is 25.5 Å². The normalized spacial score (nSPS) is 12.3. The Labute approximate surface area is 88.9 Å². The van der Waals surface area contributed by atoms with Gasteiger partial charge in [-0.2, -0.15) is 0 Å². The summed E-state index contributed by atoms with van der Waals surface area (Å²) in [5.41, 5.74) is 0.363. The molecule has 0 spiro atoms. The van der Waals surface area contributed by atoms with E-state index in [9.17, 15) is 8.78 Å². The number of fused-ring (bicyclic) bond motifs is 1. The van der Waals surface area contributed by atoms with Crippen molar-refractivity contribution < 1.29 is 8.78 Å². The highest BCUT2D eigenvalue weighted by molar-refractivity contribution is 6.29. The first-order valence-electron chi connectivity index (χ1n) is 4.19. The maximum atomic E-state index is 12.8. The highest BCUT2D eigenvalue weighted by Gasteiger charge is 2.25. The van der Waals surface area contributed by atoms with Crippen LogP contribution in [0.15, 0.2) is 12.4 Å². The van der Waals surface area contributed by atoms with Gasteiger partial charge in [-0.1, -0.05) is 11.6 Å². The summed E-state index contributed by atoms with van der Waals surface area (Å²) in [7, 11) is 0. The summed E-state index contributed by atoms with van der Waals surface area (Å²) in [6, 6.07) is 0. The average molecular weight is 233 g/mol. The Morgan fingerprint density at radius 3 is 2.80 bits per heavy atom. The summed E-state index contributed by atoms with van der Waals surface area (Å²) < 4.78 is 27.0. The first kappa shape index (κ1) is 10.2. The maximum Gasteiger partial charge on any atom is 0.252 e. The fourth-order valence-corrected chi connectivity index (χ4v) is 1.50. The summed E-state index contributed by atoms with van der Waals surface area (Å²) in [5, 5.41) is 7.57. The van der Waals surface area contributed by atoms with Crippen molar-refractivity contribution in [1.82, 2.24) is 19.6 Å². The maximum absolute atomic E-state index is 12.8. The van der Waals surface area contributed by atoms with Gasteiger partial charge in [0.25, 0.3) is 5.92 Å². The Morgan fingerprint density at radius 2 is 2.13 bits per heavy atom. The minimum atomic E-state index is -2.84. The van der Waals surface area contributed by atoms with E-state index in [1.807, 2.05) is 0 Å². The minimum absolute atomic E-state index is 0.130. The van der Waals surface area contributed by atoms with E-state index < -0.39 is 12.3 Å². The van der Waals surface area contributed by atoms with E-state index in [0.717, 1.165) is 6.92 Å². The van der Waals surface area contributed by atoms with E-state index in [0.29, 0.717) is 5.65 Å². The van der Waals surface area contributed by atoms with Crippen LogP contribution in [0.5, 0.6) is 0 Å². The molecule has 0 bridgehead atoms. The van der Waals surface area contributed by atoms with E-state index in [4.69, 9.17) is 11.6 Å². The van der Waals surface area contributed by atoms with Gasteiger partial charge in [-0.05, 0) is 6.92 Å². The summed E-state index contributed by atoms with van der Waals surface area (Å²) >= 11 is 5.81. The molecule has 0 atom stereocenters. The second-order valence-electron chi connectivity index (χ2n) is 3.29. The van der Waals surface area contributed by atoms with Gasteiger partial charge in [0.05, 0.1) is 18.8 Å². The molecule has 7 heteroatoms. The smallest absolute Gasteiger partial charge is 0.252 e. The van der Waals surface area contributed by atoms with Gasteiger partial charge in [-0.3, -0.25) is 9.38 Å². The van der Waals surface area contributed by atoms with Crippen LogP contribution in [0, 0.1) is 0 Å². The lowest BCUT2D eigenvalue weighted by atomic mass is 10.2. The fourth-order valence-electron chi connectivity index (χ4n) is 1.26. The molecule has 2 heterocycles. The SMILES string of the molecule is CC(F)(F)Cc1nnc2cncc(Cl)n12. The summed E-state index contributed by atoms with van der Waals surface area (Å²) in [5.74, 6) is -2.71. The number of hydrogen-bond donors (Lipinski definition) is 0. The third-order valence-corrected chi connectivity index (χ3v) is 2.07. The molecular formula is C8H7ClF2N4. The van der Waals surface area contributed by atoms with Gasteiger partial charge in [-0.25, -0.2) is 8.78 Å². The molecule has 80 valence electrons. The van der Waals surface area contributed by atoms with Crippen molar-refractivity contribution in [3.05, 3.63) is 23.4 Å². The Balaban J connectivity index is 2.53. The molecule has 0 N–H and O–H groups in total. The Hall–Kier alpha value is -1.30. The number of aromatic nitrogens is 4. The van der Waals surface area contributed by atoms with E-state index >= 15 is 0 Å². The van der Waals surface area contributed by atoms with Gasteiger partial charge in [-0.15, -0.1) is 10.2 Å². The van der Waals surface area contributed by atoms with Gasteiger partial charge in [0.2, 0.25) is 0 Å². The lowest BCUT2D eigenvalue weighted by molar-refractivity contribution is 0.0203. The lowest BCUT2D eigenvalue weighted by Gasteiger charge is -2.08. The van der Waals surface area contributed by atoms with Crippen molar-refractivity contribution in [3.8, 4) is 0 Å². The molecule has 2 aromatic heterocycles. The number of hydrogen-bond acceptors (Lipinski definition) is 3. The van der Waals surface area contributed by atoms with E-state index in [1.54, 1.807) is 0 Å². The number of rotatable bonds is 2. The van der Waals surface area contributed by atoms with Crippen molar-refractivity contribution >= 4 is 17.2 Å². The first-order chi connectivity index (χ1) is 6.97. The molecule has 0 saturated carbocycles. The molecule has 2 aromatic rings. The molecule has 4 nitrogen and oxygen atoms in total. The zero-order valence-electron chi connectivity index (χ0n) is 7.78. The second-order valence-corrected chi connectivity index (χ2v) is 3.67. The summed E-state index contributed by atoms with van der Waals surface area (Å²) in [6.45, 7) is 0.823. The van der Waals surface area contributed by atoms with Gasteiger partial charge < -0.3 is 0 Å². The molecule has 0 aromatic carbocycles. The predicted molar refractivity (Wildman–Crippen MR) is 50.1 cm³/mol. The highest BCUT2D eigenvalue weighted by Crippen LogP contribution is 2.20. The zero-order chi connectivity index (χ0) is 11.1. The van der Waals surface area contributed by atoms with Crippen LogP contribution >= 0.6 is 11.6 Å². The first-order valence-corrected chi connectivity index (χ1v) is 4.56. The summed E-state index contributed by atoms with van der Waals surface area (Å²) in [4.78, 5) is 3.78. The minimum Gasteiger partial charge on any atom is -0.266 e. The van der Waals surface area contributed by atoms with Crippen molar-refractivity contribution in [1.29, 1.82) is 0 Å². The molecule has 0 fully saturated rings. The van der Waals surface area contributed by atoms with E-state index in [-0.39, 0.29) is 11.0 Å². The van der Waals surface area contributed by atoms with Gasteiger partial charge in [0, 0.05) is 0 Å². The third kappa shape index (κ3) is 2.04. The standard InChI is InChI=1S/C8H7ClF2N4/c1-8(10,11)2-6-13-14-7-4-12-3-5(9)15(6)7/h3-4H,2H2,1H3. The zero-order valence-corrected chi connectivity index (χ0v) is 8.54. The largest absolute Gasteiger partial charge is 0.266 e. The van der Waals surface area contributed by atoms with Crippen molar-refractivity contribution in [2.24, 2.45) is 0 Å². The van der Waals surface area contributed by atoms with Crippen LogP contribution in [0.25, 0.3) is 5.65 Å². The molecule has 0 radical (unpaired) electrons. The van der Waals surface area contributed by atoms with Crippen LogP contribution in [0.1, 0.15) is 12.7 Å². The third-order valence-electron chi connectivity index (χ3n) is 1.81. The molecule has 15 heavy (non-hydrogen) atoms. The molecule has 0 aliphatic rings. The Morgan fingerprint density at radius 1 is 1.40 bits per heavy atom. The molecule has 0 aliphatic carbocycles. The highest BCUT2D eigenvalue weighted by atomic mass is 35.5. The summed E-state index contributed by atoms with van der Waals surface area (Å²) in [6.07, 6.45) is 2.27. The topological polar surface area (TPSA) is 43.1 Å². The van der Waals surface area contributed by atoms with Crippen LogP contribution in [0.3, 0.4) is 0 Å². The molecule has 0 aliphatic heterocycles. The van der Waals surface area contributed by atoms with Crippen molar-refractivity contribution in [2.45, 2.75) is 19.3 Å². The van der Waals surface area contributed by atoms with Crippen LogP contribution < -0.4 is 0 Å². The van der Waals surface area contributed by atoms with Gasteiger partial charge in [0.15, 0.2) is 5.65 Å². The quantitative estimate of drug-likeness (QED) is 0.795. The molecular weight excluding hydrogens is 226 g/mol. The average Bonchev–Trinajstić information content (AvgIpc) is 2.47. The number of halogens is 3. The number of nitrogens with zero attached hydrogens (tertiary/aromatic N) is 4. The van der Waals surface area contributed by atoms with Crippen LogP contribution in [-0.2, 0) is 6.42 Å². The Kier molecular flexibility index (Phi) is 2.30. The Bertz CT molecular complexity index is 491. The predicted octanol–water partition coefficient (Wildman–Crippen LogP) is 1.98. The van der Waals surface area contributed by atoms with Crippen LogP contribution in [0.4, 0.5) is 8.78 Å². The molecule has 2 rings (SSSR count). The lowest BCUT2D eigenvalue weighted by Crippen LogP contribution is -2.16. The van der Waals surface area contributed by atoms with Crippen molar-refractivity contribution in [2.75, 3.05) is 0 Å². The van der Waals surface area contributed by atoms with E-state index in [1.165, 1.54) is 16.8 Å². The molecule has 0 amide bonds. The van der Waals surface area contributed by atoms with Gasteiger partial charge >= 0.3 is 0 Å². The monoisotopic (exact) mass is 232 g/mol. The fraction of sp³-hybridized carbons (Fsp3) is 0.375. The van der Waals surface area contributed by atoms with Gasteiger partial charge in [0.1, 0.15) is 11.0 Å². The van der Waals surface area contributed by atoms with E-state index in [2.05, 4.69) is 15.2 Å². The number of alkyl halides is 2. The molecule has 0 unspecified atom stereocenters. The van der Waals surface area contributed by atoms with Crippen LogP contribution in [0.2, 0.25) is 5.15 Å².